The molecule has 1 aromatic rings. The van der Waals surface area contributed by atoms with E-state index >= 15 is 0 Å². The minimum absolute atomic E-state index is 0.00994. The highest BCUT2D eigenvalue weighted by molar-refractivity contribution is 5.76. The molecule has 1 heterocycles. The zero-order valence-corrected chi connectivity index (χ0v) is 14.7. The third-order valence-corrected chi connectivity index (χ3v) is 3.81. The van der Waals surface area contributed by atoms with Crippen molar-refractivity contribution in [2.45, 2.75) is 66.3 Å². The molecule has 0 fully saturated rings. The first kappa shape index (κ1) is 19.2. The molecule has 130 valence electrons. The first-order chi connectivity index (χ1) is 10.8. The monoisotopic (exact) mass is 323 g/mol. The van der Waals surface area contributed by atoms with E-state index in [-0.39, 0.29) is 12.3 Å². The number of aliphatic carboxylic acids is 1. The van der Waals surface area contributed by atoms with Crippen molar-refractivity contribution in [3.8, 4) is 0 Å². The molecule has 2 N–H and O–H groups in total. The van der Waals surface area contributed by atoms with Crippen LogP contribution >= 0.6 is 0 Å². The summed E-state index contributed by atoms with van der Waals surface area (Å²) in [6.45, 7) is 9.80. The Balaban J connectivity index is 2.38. The molecule has 1 amide bonds. The molecule has 6 heteroatoms. The summed E-state index contributed by atoms with van der Waals surface area (Å²) in [5.41, 5.74) is 3.30. The fourth-order valence-corrected chi connectivity index (χ4v) is 2.58. The number of amides is 1. The second-order valence-corrected chi connectivity index (χ2v) is 6.43. The van der Waals surface area contributed by atoms with Crippen molar-refractivity contribution in [2.24, 2.45) is 5.92 Å². The highest BCUT2D eigenvalue weighted by Crippen LogP contribution is 2.16. The van der Waals surface area contributed by atoms with E-state index in [1.807, 2.05) is 11.6 Å². The van der Waals surface area contributed by atoms with Crippen molar-refractivity contribution in [2.75, 3.05) is 6.54 Å². The Morgan fingerprint density at radius 3 is 2.52 bits per heavy atom. The molecule has 0 aromatic carbocycles. The lowest BCUT2D eigenvalue weighted by Crippen LogP contribution is -2.24. The standard InChI is InChI=1S/C17H29N3O3/c1-12(2)11-20-14(4)15(13(3)19-20)8-9-16(21)18-10-6-5-7-17(22)23/h12H,5-11H2,1-4H3,(H,18,21)(H,22,23). The van der Waals surface area contributed by atoms with Gasteiger partial charge in [-0.15, -0.1) is 0 Å². The molecule has 6 nitrogen and oxygen atoms in total. The predicted octanol–water partition coefficient (Wildman–Crippen LogP) is 2.46. The molecule has 0 aliphatic carbocycles. The SMILES string of the molecule is Cc1nn(CC(C)C)c(C)c1CCC(=O)NCCCCC(=O)O. The van der Waals surface area contributed by atoms with E-state index in [0.717, 1.165) is 23.5 Å². The molecule has 0 bridgehead atoms. The first-order valence-corrected chi connectivity index (χ1v) is 8.32. The summed E-state index contributed by atoms with van der Waals surface area (Å²) in [7, 11) is 0. The van der Waals surface area contributed by atoms with E-state index in [1.54, 1.807) is 0 Å². The lowest BCUT2D eigenvalue weighted by Gasteiger charge is -2.08. The van der Waals surface area contributed by atoms with Gasteiger partial charge >= 0.3 is 5.97 Å². The smallest absolute Gasteiger partial charge is 0.303 e. The molecular formula is C17H29N3O3. The van der Waals surface area contributed by atoms with Crippen molar-refractivity contribution in [3.05, 3.63) is 17.0 Å². The van der Waals surface area contributed by atoms with Gasteiger partial charge in [0.1, 0.15) is 0 Å². The third kappa shape index (κ3) is 6.84. The van der Waals surface area contributed by atoms with Crippen LogP contribution in [0.15, 0.2) is 0 Å². The Morgan fingerprint density at radius 1 is 1.22 bits per heavy atom. The Morgan fingerprint density at radius 2 is 1.91 bits per heavy atom. The third-order valence-electron chi connectivity index (χ3n) is 3.81. The largest absolute Gasteiger partial charge is 0.481 e. The van der Waals surface area contributed by atoms with Gasteiger partial charge in [0, 0.05) is 31.6 Å². The van der Waals surface area contributed by atoms with E-state index in [1.165, 1.54) is 0 Å². The van der Waals surface area contributed by atoms with Gasteiger partial charge in [0.2, 0.25) is 5.91 Å². The van der Waals surface area contributed by atoms with Crippen LogP contribution in [0, 0.1) is 19.8 Å². The number of hydrogen-bond acceptors (Lipinski definition) is 3. The zero-order valence-electron chi connectivity index (χ0n) is 14.7. The van der Waals surface area contributed by atoms with Crippen LogP contribution in [0.2, 0.25) is 0 Å². The number of aromatic nitrogens is 2. The molecule has 0 radical (unpaired) electrons. The highest BCUT2D eigenvalue weighted by Gasteiger charge is 2.13. The van der Waals surface area contributed by atoms with Gasteiger partial charge in [0.25, 0.3) is 0 Å². The van der Waals surface area contributed by atoms with Gasteiger partial charge < -0.3 is 10.4 Å². The van der Waals surface area contributed by atoms with E-state index in [2.05, 4.69) is 31.2 Å². The summed E-state index contributed by atoms with van der Waals surface area (Å²) in [6, 6.07) is 0. The van der Waals surface area contributed by atoms with E-state index < -0.39 is 5.97 Å². The number of hydrogen-bond donors (Lipinski definition) is 2. The number of rotatable bonds is 10. The van der Waals surface area contributed by atoms with E-state index in [9.17, 15) is 9.59 Å². The average molecular weight is 323 g/mol. The van der Waals surface area contributed by atoms with Crippen LogP contribution in [0.3, 0.4) is 0 Å². The van der Waals surface area contributed by atoms with Crippen LogP contribution < -0.4 is 5.32 Å². The molecule has 0 saturated carbocycles. The van der Waals surface area contributed by atoms with Crippen LogP contribution in [-0.4, -0.2) is 33.3 Å². The summed E-state index contributed by atoms with van der Waals surface area (Å²) in [5, 5.41) is 16.0. The van der Waals surface area contributed by atoms with Crippen LogP contribution in [0.1, 0.15) is 56.5 Å². The van der Waals surface area contributed by atoms with E-state index in [4.69, 9.17) is 5.11 Å². The highest BCUT2D eigenvalue weighted by atomic mass is 16.4. The van der Waals surface area contributed by atoms with Gasteiger partial charge in [-0.3, -0.25) is 14.3 Å². The van der Waals surface area contributed by atoms with Gasteiger partial charge in [0.05, 0.1) is 5.69 Å². The number of aryl methyl sites for hydroxylation is 1. The lowest BCUT2D eigenvalue weighted by atomic mass is 10.1. The molecule has 0 aliphatic rings. The van der Waals surface area contributed by atoms with Crippen LogP contribution in [0.25, 0.3) is 0 Å². The van der Waals surface area contributed by atoms with Crippen molar-refractivity contribution < 1.29 is 14.7 Å². The fourth-order valence-electron chi connectivity index (χ4n) is 2.58. The maximum Gasteiger partial charge on any atom is 0.303 e. The molecule has 0 unspecified atom stereocenters. The lowest BCUT2D eigenvalue weighted by molar-refractivity contribution is -0.137. The van der Waals surface area contributed by atoms with Gasteiger partial charge in [-0.05, 0) is 44.6 Å². The quantitative estimate of drug-likeness (QED) is 0.648. The number of unbranched alkanes of at least 4 members (excludes halogenated alkanes) is 1. The minimum Gasteiger partial charge on any atom is -0.481 e. The summed E-state index contributed by atoms with van der Waals surface area (Å²) >= 11 is 0. The Hall–Kier alpha value is -1.85. The number of carboxylic acid groups (broad SMARTS) is 1. The molecule has 0 aliphatic heterocycles. The van der Waals surface area contributed by atoms with Crippen LogP contribution in [0.5, 0.6) is 0 Å². The van der Waals surface area contributed by atoms with Crippen LogP contribution in [0.4, 0.5) is 0 Å². The summed E-state index contributed by atoms with van der Waals surface area (Å²) in [4.78, 5) is 22.3. The maximum atomic E-state index is 11.9. The summed E-state index contributed by atoms with van der Waals surface area (Å²) in [6.07, 6.45) is 2.58. The molecule has 0 atom stereocenters. The second kappa shape index (κ2) is 9.33. The van der Waals surface area contributed by atoms with E-state index in [0.29, 0.717) is 38.1 Å². The van der Waals surface area contributed by atoms with Crippen molar-refractivity contribution in [3.63, 3.8) is 0 Å². The van der Waals surface area contributed by atoms with Gasteiger partial charge in [0.15, 0.2) is 0 Å². The molecule has 1 rings (SSSR count). The maximum absolute atomic E-state index is 11.9. The number of nitrogens with zero attached hydrogens (tertiary/aromatic N) is 2. The van der Waals surface area contributed by atoms with Gasteiger partial charge in [-0.1, -0.05) is 13.8 Å². The predicted molar refractivity (Wildman–Crippen MR) is 89.4 cm³/mol. The fraction of sp³-hybridized carbons (Fsp3) is 0.706. The Kier molecular flexibility index (Phi) is 7.78. The normalized spacial score (nSPS) is 11.0. The summed E-state index contributed by atoms with van der Waals surface area (Å²) in [5.74, 6) is -0.244. The Labute approximate surface area is 138 Å². The van der Waals surface area contributed by atoms with Crippen LogP contribution in [-0.2, 0) is 22.6 Å². The average Bonchev–Trinajstić information content (AvgIpc) is 2.70. The first-order valence-electron chi connectivity index (χ1n) is 8.32. The van der Waals surface area contributed by atoms with Crippen molar-refractivity contribution >= 4 is 11.9 Å². The van der Waals surface area contributed by atoms with Gasteiger partial charge in [-0.2, -0.15) is 5.10 Å². The molecule has 0 spiro atoms. The number of carbonyl (C=O) groups is 2. The number of carbonyl (C=O) groups excluding carboxylic acids is 1. The van der Waals surface area contributed by atoms with Gasteiger partial charge in [-0.25, -0.2) is 0 Å². The topological polar surface area (TPSA) is 84.2 Å². The minimum atomic E-state index is -0.791. The zero-order chi connectivity index (χ0) is 17.4. The summed E-state index contributed by atoms with van der Waals surface area (Å²) < 4.78 is 2.03. The molecular weight excluding hydrogens is 294 g/mol. The number of carboxylic acids is 1. The second-order valence-electron chi connectivity index (χ2n) is 6.43. The van der Waals surface area contributed by atoms with Crippen molar-refractivity contribution in [1.82, 2.24) is 15.1 Å². The molecule has 1 aromatic heterocycles. The van der Waals surface area contributed by atoms with Crippen molar-refractivity contribution in [1.29, 1.82) is 0 Å². The molecule has 0 saturated heterocycles. The number of nitrogens with one attached hydrogen (secondary N) is 1. The Bertz CT molecular complexity index is 535. The molecule has 23 heavy (non-hydrogen) atoms.